The van der Waals surface area contributed by atoms with Crippen LogP contribution in [0.3, 0.4) is 0 Å². The average Bonchev–Trinajstić information content (AvgIpc) is 3.32. The van der Waals surface area contributed by atoms with Gasteiger partial charge in [-0.25, -0.2) is 4.39 Å². The Morgan fingerprint density at radius 1 is 0.921 bits per heavy atom. The molecule has 5 nitrogen and oxygen atoms in total. The second-order valence-electron chi connectivity index (χ2n) is 10.8. The van der Waals surface area contributed by atoms with Crippen LogP contribution in [-0.4, -0.2) is 46.8 Å². The molecular formula is C31H32ClFN4O. The summed E-state index contributed by atoms with van der Waals surface area (Å²) in [7, 11) is 0. The topological polar surface area (TPSA) is 41.4 Å². The van der Waals surface area contributed by atoms with Gasteiger partial charge in [0.1, 0.15) is 11.5 Å². The third-order valence-electron chi connectivity index (χ3n) is 7.05. The summed E-state index contributed by atoms with van der Waals surface area (Å²) in [6, 6.07) is 24.6. The van der Waals surface area contributed by atoms with E-state index in [4.69, 9.17) is 16.7 Å². The zero-order valence-electron chi connectivity index (χ0n) is 22.0. The molecule has 4 aromatic rings. The Morgan fingerprint density at radius 2 is 1.58 bits per heavy atom. The van der Waals surface area contributed by atoms with Crippen molar-refractivity contribution in [1.29, 1.82) is 0 Å². The Morgan fingerprint density at radius 3 is 2.21 bits per heavy atom. The van der Waals surface area contributed by atoms with Crippen LogP contribution in [0, 0.1) is 5.82 Å². The first-order chi connectivity index (χ1) is 18.2. The zero-order valence-corrected chi connectivity index (χ0v) is 22.8. The maximum absolute atomic E-state index is 14.3. The Kier molecular flexibility index (Phi) is 7.26. The monoisotopic (exact) mass is 530 g/mol. The predicted molar refractivity (Wildman–Crippen MR) is 151 cm³/mol. The van der Waals surface area contributed by atoms with Gasteiger partial charge >= 0.3 is 0 Å². The van der Waals surface area contributed by atoms with E-state index in [9.17, 15) is 9.18 Å². The van der Waals surface area contributed by atoms with Crippen LogP contribution in [-0.2, 0) is 12.0 Å². The molecule has 0 bridgehead atoms. The molecule has 0 aliphatic carbocycles. The van der Waals surface area contributed by atoms with Crippen molar-refractivity contribution in [1.82, 2.24) is 14.7 Å². The molecule has 7 heteroatoms. The molecule has 196 valence electrons. The standard InChI is InChI=1S/C31H32ClFN4O/c1-31(2,3)24-12-8-22(9-13-24)21-37-29(20-27(34-37)23-10-14-25(32)15-11-23)30(38)36-18-16-35(17-19-36)28-7-5-4-6-26(28)33/h4-15,20H,16-19,21H2,1-3H3. The number of carbonyl (C=O) groups is 1. The average molecular weight is 531 g/mol. The van der Waals surface area contributed by atoms with Crippen molar-refractivity contribution >= 4 is 23.2 Å². The van der Waals surface area contributed by atoms with Crippen molar-refractivity contribution in [3.63, 3.8) is 0 Å². The quantitative estimate of drug-likeness (QED) is 0.290. The largest absolute Gasteiger partial charge is 0.366 e. The highest BCUT2D eigenvalue weighted by atomic mass is 35.5. The maximum atomic E-state index is 14.3. The van der Waals surface area contributed by atoms with Crippen LogP contribution >= 0.6 is 11.6 Å². The SMILES string of the molecule is CC(C)(C)c1ccc(Cn2nc(-c3ccc(Cl)cc3)cc2C(=O)N2CCN(c3ccccc3F)CC2)cc1. The van der Waals surface area contributed by atoms with Crippen molar-refractivity contribution in [3.8, 4) is 11.3 Å². The molecule has 1 aliphatic heterocycles. The lowest BCUT2D eigenvalue weighted by Gasteiger charge is -2.36. The number of aromatic nitrogens is 2. The predicted octanol–water partition coefficient (Wildman–Crippen LogP) is 6.65. The van der Waals surface area contributed by atoms with Gasteiger partial charge in [0, 0.05) is 36.8 Å². The fourth-order valence-electron chi connectivity index (χ4n) is 4.77. The number of piperazine rings is 1. The number of rotatable bonds is 5. The molecule has 0 radical (unpaired) electrons. The number of halogens is 2. The smallest absolute Gasteiger partial charge is 0.272 e. The molecule has 0 atom stereocenters. The van der Waals surface area contributed by atoms with E-state index in [2.05, 4.69) is 45.0 Å². The molecule has 0 N–H and O–H groups in total. The molecule has 1 fully saturated rings. The van der Waals surface area contributed by atoms with E-state index in [1.807, 2.05) is 46.2 Å². The molecule has 1 aliphatic rings. The van der Waals surface area contributed by atoms with E-state index in [0.29, 0.717) is 49.1 Å². The maximum Gasteiger partial charge on any atom is 0.272 e. The minimum Gasteiger partial charge on any atom is -0.366 e. The molecule has 0 spiro atoms. The first-order valence-corrected chi connectivity index (χ1v) is 13.3. The summed E-state index contributed by atoms with van der Waals surface area (Å²) >= 11 is 6.09. The zero-order chi connectivity index (χ0) is 26.9. The lowest BCUT2D eigenvalue weighted by molar-refractivity contribution is 0.0734. The highest BCUT2D eigenvalue weighted by Gasteiger charge is 2.27. The number of carbonyl (C=O) groups excluding carboxylic acids is 1. The number of hydrogen-bond acceptors (Lipinski definition) is 3. The Labute approximate surface area is 228 Å². The molecule has 0 saturated carbocycles. The molecule has 1 aromatic heterocycles. The summed E-state index contributed by atoms with van der Waals surface area (Å²) in [6.07, 6.45) is 0. The van der Waals surface area contributed by atoms with Crippen molar-refractivity contribution in [3.05, 3.63) is 107 Å². The highest BCUT2D eigenvalue weighted by molar-refractivity contribution is 6.30. The molecule has 38 heavy (non-hydrogen) atoms. The number of para-hydroxylation sites is 1. The highest BCUT2D eigenvalue weighted by Crippen LogP contribution is 2.26. The second-order valence-corrected chi connectivity index (χ2v) is 11.2. The lowest BCUT2D eigenvalue weighted by atomic mass is 9.87. The Balaban J connectivity index is 1.40. The number of hydrogen-bond donors (Lipinski definition) is 0. The van der Waals surface area contributed by atoms with E-state index < -0.39 is 0 Å². The number of nitrogens with zero attached hydrogens (tertiary/aromatic N) is 4. The molecule has 1 saturated heterocycles. The van der Waals surface area contributed by atoms with E-state index in [-0.39, 0.29) is 17.1 Å². The van der Waals surface area contributed by atoms with E-state index >= 15 is 0 Å². The summed E-state index contributed by atoms with van der Waals surface area (Å²) in [5.41, 5.74) is 5.13. The first kappa shape index (κ1) is 26.0. The molecule has 0 unspecified atom stereocenters. The van der Waals surface area contributed by atoms with Crippen LogP contribution in [0.1, 0.15) is 42.4 Å². The summed E-state index contributed by atoms with van der Waals surface area (Å²) in [6.45, 7) is 9.21. The molecule has 1 amide bonds. The first-order valence-electron chi connectivity index (χ1n) is 12.9. The third-order valence-corrected chi connectivity index (χ3v) is 7.30. The van der Waals surface area contributed by atoms with Crippen molar-refractivity contribution in [2.45, 2.75) is 32.7 Å². The van der Waals surface area contributed by atoms with Crippen LogP contribution in [0.25, 0.3) is 11.3 Å². The van der Waals surface area contributed by atoms with Gasteiger partial charge in [-0.2, -0.15) is 5.10 Å². The summed E-state index contributed by atoms with van der Waals surface area (Å²) in [5, 5.41) is 5.48. The van der Waals surface area contributed by atoms with Crippen LogP contribution in [0.5, 0.6) is 0 Å². The Hall–Kier alpha value is -3.64. The van der Waals surface area contributed by atoms with Gasteiger partial charge in [-0.3, -0.25) is 9.48 Å². The number of anilines is 1. The van der Waals surface area contributed by atoms with Gasteiger partial charge in [0.15, 0.2) is 0 Å². The van der Waals surface area contributed by atoms with Gasteiger partial charge in [-0.15, -0.1) is 0 Å². The van der Waals surface area contributed by atoms with Crippen LogP contribution in [0.2, 0.25) is 5.02 Å². The normalized spacial score (nSPS) is 14.1. The number of benzene rings is 3. The number of amides is 1. The minimum atomic E-state index is -0.240. The second kappa shape index (κ2) is 10.6. The van der Waals surface area contributed by atoms with Crippen LogP contribution in [0.15, 0.2) is 78.9 Å². The van der Waals surface area contributed by atoms with Gasteiger partial charge in [-0.1, -0.05) is 80.9 Å². The molecule has 2 heterocycles. The lowest BCUT2D eigenvalue weighted by Crippen LogP contribution is -2.49. The van der Waals surface area contributed by atoms with Gasteiger partial charge in [0.05, 0.1) is 17.9 Å². The minimum absolute atomic E-state index is 0.0674. The van der Waals surface area contributed by atoms with Gasteiger partial charge < -0.3 is 9.80 Å². The van der Waals surface area contributed by atoms with E-state index in [0.717, 1.165) is 16.8 Å². The van der Waals surface area contributed by atoms with Crippen LogP contribution in [0.4, 0.5) is 10.1 Å². The van der Waals surface area contributed by atoms with E-state index in [1.54, 1.807) is 16.8 Å². The van der Waals surface area contributed by atoms with Gasteiger partial charge in [0.2, 0.25) is 0 Å². The fraction of sp³-hybridized carbons (Fsp3) is 0.290. The van der Waals surface area contributed by atoms with Crippen LogP contribution < -0.4 is 4.90 Å². The molecular weight excluding hydrogens is 499 g/mol. The van der Waals surface area contributed by atoms with Gasteiger partial charge in [-0.05, 0) is 46.9 Å². The summed E-state index contributed by atoms with van der Waals surface area (Å²) < 4.78 is 16.1. The van der Waals surface area contributed by atoms with Crippen molar-refractivity contribution < 1.29 is 9.18 Å². The summed E-state index contributed by atoms with van der Waals surface area (Å²) in [4.78, 5) is 17.6. The van der Waals surface area contributed by atoms with E-state index in [1.165, 1.54) is 11.6 Å². The Bertz CT molecular complexity index is 1420. The molecule has 5 rings (SSSR count). The van der Waals surface area contributed by atoms with Crippen molar-refractivity contribution in [2.75, 3.05) is 31.1 Å². The summed E-state index contributed by atoms with van der Waals surface area (Å²) in [5.74, 6) is -0.312. The fourth-order valence-corrected chi connectivity index (χ4v) is 4.90. The van der Waals surface area contributed by atoms with Crippen molar-refractivity contribution in [2.24, 2.45) is 0 Å². The molecule has 3 aromatic carbocycles. The van der Waals surface area contributed by atoms with Gasteiger partial charge in [0.25, 0.3) is 5.91 Å². The third kappa shape index (κ3) is 5.60.